The van der Waals surface area contributed by atoms with Crippen LogP contribution >= 0.6 is 0 Å². The van der Waals surface area contributed by atoms with Gasteiger partial charge in [0, 0.05) is 18.0 Å². The average Bonchev–Trinajstić information content (AvgIpc) is 2.38. The van der Waals surface area contributed by atoms with Crippen molar-refractivity contribution in [2.24, 2.45) is 0 Å². The van der Waals surface area contributed by atoms with Crippen LogP contribution in [0.1, 0.15) is 5.56 Å². The highest BCUT2D eigenvalue weighted by Crippen LogP contribution is 2.38. The van der Waals surface area contributed by atoms with Gasteiger partial charge in [-0.05, 0) is 23.8 Å². The SMILES string of the molecule is COc1cc(-c2cccnc2)ccc1C(F)(F)F. The molecule has 0 radical (unpaired) electrons. The van der Waals surface area contributed by atoms with E-state index >= 15 is 0 Å². The molecule has 0 atom stereocenters. The van der Waals surface area contributed by atoms with Crippen LogP contribution in [0.3, 0.4) is 0 Å². The molecular weight excluding hydrogens is 243 g/mol. The van der Waals surface area contributed by atoms with Crippen LogP contribution in [0.15, 0.2) is 42.7 Å². The molecule has 0 aliphatic heterocycles. The van der Waals surface area contributed by atoms with Gasteiger partial charge in [0.15, 0.2) is 0 Å². The van der Waals surface area contributed by atoms with Gasteiger partial charge in [0.05, 0.1) is 12.7 Å². The molecule has 18 heavy (non-hydrogen) atoms. The molecule has 0 aliphatic carbocycles. The van der Waals surface area contributed by atoms with Crippen LogP contribution in [0, 0.1) is 0 Å². The van der Waals surface area contributed by atoms with Crippen LogP contribution in [0.4, 0.5) is 13.2 Å². The predicted octanol–water partition coefficient (Wildman–Crippen LogP) is 3.78. The van der Waals surface area contributed by atoms with Gasteiger partial charge in [-0.3, -0.25) is 4.98 Å². The van der Waals surface area contributed by atoms with E-state index in [1.807, 2.05) is 0 Å². The van der Waals surface area contributed by atoms with E-state index in [0.717, 1.165) is 11.6 Å². The number of rotatable bonds is 2. The van der Waals surface area contributed by atoms with Crippen LogP contribution in [-0.2, 0) is 6.18 Å². The molecule has 0 saturated heterocycles. The van der Waals surface area contributed by atoms with E-state index in [1.165, 1.54) is 19.2 Å². The maximum atomic E-state index is 12.7. The van der Waals surface area contributed by atoms with Crippen LogP contribution in [-0.4, -0.2) is 12.1 Å². The second kappa shape index (κ2) is 4.68. The lowest BCUT2D eigenvalue weighted by molar-refractivity contribution is -0.138. The van der Waals surface area contributed by atoms with Crippen molar-refractivity contribution < 1.29 is 17.9 Å². The largest absolute Gasteiger partial charge is 0.496 e. The number of alkyl halides is 3. The maximum absolute atomic E-state index is 12.7. The number of hydrogen-bond acceptors (Lipinski definition) is 2. The molecule has 2 aromatic rings. The summed E-state index contributed by atoms with van der Waals surface area (Å²) in [7, 11) is 1.22. The lowest BCUT2D eigenvalue weighted by Crippen LogP contribution is -2.07. The Morgan fingerprint density at radius 3 is 2.44 bits per heavy atom. The first-order valence-electron chi connectivity index (χ1n) is 5.18. The van der Waals surface area contributed by atoms with Crippen molar-refractivity contribution >= 4 is 0 Å². The van der Waals surface area contributed by atoms with Crippen molar-refractivity contribution in [2.45, 2.75) is 6.18 Å². The zero-order valence-electron chi connectivity index (χ0n) is 9.53. The molecule has 0 N–H and O–H groups in total. The molecule has 0 bridgehead atoms. The first-order valence-corrected chi connectivity index (χ1v) is 5.18. The summed E-state index contributed by atoms with van der Waals surface area (Å²) < 4.78 is 42.8. The van der Waals surface area contributed by atoms with Crippen molar-refractivity contribution in [3.05, 3.63) is 48.3 Å². The van der Waals surface area contributed by atoms with Gasteiger partial charge < -0.3 is 4.74 Å². The molecule has 94 valence electrons. The summed E-state index contributed by atoms with van der Waals surface area (Å²) in [6.07, 6.45) is -1.23. The lowest BCUT2D eigenvalue weighted by atomic mass is 10.0. The minimum absolute atomic E-state index is 0.191. The average molecular weight is 253 g/mol. The Hall–Kier alpha value is -2.04. The quantitative estimate of drug-likeness (QED) is 0.812. The molecule has 2 nitrogen and oxygen atoms in total. The van der Waals surface area contributed by atoms with Crippen molar-refractivity contribution in [1.82, 2.24) is 4.98 Å². The standard InChI is InChI=1S/C13H10F3NO/c1-18-12-7-9(10-3-2-6-17-8-10)4-5-11(12)13(14,15)16/h2-8H,1H3. The number of nitrogens with zero attached hydrogens (tertiary/aromatic N) is 1. The number of ether oxygens (including phenoxy) is 1. The van der Waals surface area contributed by atoms with E-state index in [0.29, 0.717) is 5.56 Å². The summed E-state index contributed by atoms with van der Waals surface area (Å²) in [5.41, 5.74) is 0.593. The Kier molecular flexibility index (Phi) is 3.23. The minimum atomic E-state index is -4.42. The van der Waals surface area contributed by atoms with E-state index in [-0.39, 0.29) is 5.75 Å². The lowest BCUT2D eigenvalue weighted by Gasteiger charge is -2.13. The van der Waals surface area contributed by atoms with E-state index in [4.69, 9.17) is 4.74 Å². The highest BCUT2D eigenvalue weighted by Gasteiger charge is 2.34. The number of benzene rings is 1. The Morgan fingerprint density at radius 2 is 1.89 bits per heavy atom. The summed E-state index contributed by atoms with van der Waals surface area (Å²) in [6.45, 7) is 0. The van der Waals surface area contributed by atoms with Crippen LogP contribution in [0.2, 0.25) is 0 Å². The Balaban J connectivity index is 2.49. The van der Waals surface area contributed by atoms with Crippen molar-refractivity contribution in [3.63, 3.8) is 0 Å². The Labute approximate surface area is 102 Å². The fourth-order valence-corrected chi connectivity index (χ4v) is 1.64. The third kappa shape index (κ3) is 2.45. The molecule has 1 aromatic heterocycles. The fraction of sp³-hybridized carbons (Fsp3) is 0.154. The summed E-state index contributed by atoms with van der Waals surface area (Å²) in [6, 6.07) is 7.28. The number of halogens is 3. The number of methoxy groups -OCH3 is 1. The zero-order valence-corrected chi connectivity index (χ0v) is 9.53. The number of pyridine rings is 1. The van der Waals surface area contributed by atoms with Gasteiger partial charge in [-0.25, -0.2) is 0 Å². The molecule has 0 spiro atoms. The molecular formula is C13H10F3NO. The maximum Gasteiger partial charge on any atom is 0.419 e. The van der Waals surface area contributed by atoms with Crippen molar-refractivity contribution in [1.29, 1.82) is 0 Å². The number of aromatic nitrogens is 1. The molecule has 0 unspecified atom stereocenters. The van der Waals surface area contributed by atoms with Gasteiger partial charge in [-0.2, -0.15) is 13.2 Å². The van der Waals surface area contributed by atoms with Crippen molar-refractivity contribution in [2.75, 3.05) is 7.11 Å². The van der Waals surface area contributed by atoms with E-state index in [1.54, 1.807) is 24.5 Å². The highest BCUT2D eigenvalue weighted by atomic mass is 19.4. The highest BCUT2D eigenvalue weighted by molar-refractivity contribution is 5.65. The molecule has 1 heterocycles. The normalized spacial score (nSPS) is 11.3. The van der Waals surface area contributed by atoms with Gasteiger partial charge >= 0.3 is 6.18 Å². The second-order valence-corrected chi connectivity index (χ2v) is 3.65. The summed E-state index contributed by atoms with van der Waals surface area (Å²) in [5.74, 6) is -0.191. The molecule has 0 saturated carbocycles. The van der Waals surface area contributed by atoms with Gasteiger partial charge in [0.2, 0.25) is 0 Å². The third-order valence-corrected chi connectivity index (χ3v) is 2.50. The van der Waals surface area contributed by atoms with Gasteiger partial charge in [-0.1, -0.05) is 12.1 Å². The van der Waals surface area contributed by atoms with Crippen LogP contribution < -0.4 is 4.74 Å². The molecule has 5 heteroatoms. The fourth-order valence-electron chi connectivity index (χ4n) is 1.64. The topological polar surface area (TPSA) is 22.1 Å². The second-order valence-electron chi connectivity index (χ2n) is 3.65. The van der Waals surface area contributed by atoms with Crippen LogP contribution in [0.5, 0.6) is 5.75 Å². The smallest absolute Gasteiger partial charge is 0.419 e. The van der Waals surface area contributed by atoms with Gasteiger partial charge in [0.25, 0.3) is 0 Å². The first-order chi connectivity index (χ1) is 8.52. The summed E-state index contributed by atoms with van der Waals surface area (Å²) in [5, 5.41) is 0. The van der Waals surface area contributed by atoms with E-state index in [2.05, 4.69) is 4.98 Å². The first kappa shape index (κ1) is 12.4. The summed E-state index contributed by atoms with van der Waals surface area (Å²) in [4.78, 5) is 3.92. The summed E-state index contributed by atoms with van der Waals surface area (Å²) >= 11 is 0. The van der Waals surface area contributed by atoms with Crippen LogP contribution in [0.25, 0.3) is 11.1 Å². The zero-order chi connectivity index (χ0) is 13.2. The number of hydrogen-bond donors (Lipinski definition) is 0. The molecule has 0 amide bonds. The Bertz CT molecular complexity index is 538. The van der Waals surface area contributed by atoms with E-state index in [9.17, 15) is 13.2 Å². The monoisotopic (exact) mass is 253 g/mol. The Morgan fingerprint density at radius 1 is 1.11 bits per heavy atom. The predicted molar refractivity (Wildman–Crippen MR) is 61.2 cm³/mol. The third-order valence-electron chi connectivity index (χ3n) is 2.50. The van der Waals surface area contributed by atoms with Crippen molar-refractivity contribution in [3.8, 4) is 16.9 Å². The van der Waals surface area contributed by atoms with E-state index < -0.39 is 11.7 Å². The molecule has 1 aromatic carbocycles. The van der Waals surface area contributed by atoms with Gasteiger partial charge in [-0.15, -0.1) is 0 Å². The molecule has 2 rings (SSSR count). The van der Waals surface area contributed by atoms with Gasteiger partial charge in [0.1, 0.15) is 5.75 Å². The minimum Gasteiger partial charge on any atom is -0.496 e. The molecule has 0 fully saturated rings. The molecule has 0 aliphatic rings.